The van der Waals surface area contributed by atoms with E-state index in [0.717, 1.165) is 15.6 Å². The van der Waals surface area contributed by atoms with Gasteiger partial charge in [0, 0.05) is 15.6 Å². The summed E-state index contributed by atoms with van der Waals surface area (Å²) < 4.78 is 0.981. The Bertz CT molecular complexity index is 361. The van der Waals surface area contributed by atoms with Crippen LogP contribution in [0.2, 0.25) is 5.02 Å². The summed E-state index contributed by atoms with van der Waals surface area (Å²) in [6.45, 7) is 4.24. The van der Waals surface area contributed by atoms with Crippen LogP contribution in [0.3, 0.4) is 0 Å². The molecule has 3 heteroatoms. The Kier molecular flexibility index (Phi) is 5.06. The Hall–Kier alpha value is -0.0900. The molecule has 0 aliphatic rings. The van der Waals surface area contributed by atoms with Crippen LogP contribution >= 0.6 is 34.2 Å². The lowest BCUT2D eigenvalue weighted by Gasteiger charge is -2.05. The minimum Gasteiger partial charge on any atom is -0.294 e. The standard InChI is InChI=1S/C12H14ClIO/c1-8(2)3-6-12(15)9-4-5-11(14)10(13)7-9/h4-5,7-8H,3,6H2,1-2H3. The topological polar surface area (TPSA) is 17.1 Å². The molecule has 1 nitrogen and oxygen atoms in total. The average molecular weight is 337 g/mol. The monoisotopic (exact) mass is 336 g/mol. The maximum absolute atomic E-state index is 11.8. The number of rotatable bonds is 4. The zero-order chi connectivity index (χ0) is 11.4. The van der Waals surface area contributed by atoms with Gasteiger partial charge in [-0.25, -0.2) is 0 Å². The molecule has 0 unspecified atom stereocenters. The maximum atomic E-state index is 11.8. The van der Waals surface area contributed by atoms with Crippen molar-refractivity contribution < 1.29 is 4.79 Å². The molecule has 0 bridgehead atoms. The summed E-state index contributed by atoms with van der Waals surface area (Å²) in [5, 5.41) is 0.658. The quantitative estimate of drug-likeness (QED) is 0.582. The highest BCUT2D eigenvalue weighted by atomic mass is 127. The second kappa shape index (κ2) is 5.85. The number of carbonyl (C=O) groups is 1. The molecule has 0 radical (unpaired) electrons. The van der Waals surface area contributed by atoms with Crippen LogP contribution in [0.25, 0.3) is 0 Å². The molecule has 0 saturated heterocycles. The fourth-order valence-electron chi connectivity index (χ4n) is 1.23. The molecule has 0 aliphatic heterocycles. The highest BCUT2D eigenvalue weighted by Crippen LogP contribution is 2.21. The number of benzene rings is 1. The summed E-state index contributed by atoms with van der Waals surface area (Å²) in [6.07, 6.45) is 1.54. The molecule has 0 heterocycles. The van der Waals surface area contributed by atoms with Gasteiger partial charge in [-0.1, -0.05) is 31.5 Å². The van der Waals surface area contributed by atoms with Crippen LogP contribution < -0.4 is 0 Å². The maximum Gasteiger partial charge on any atom is 0.162 e. The van der Waals surface area contributed by atoms with Gasteiger partial charge in [0.15, 0.2) is 5.78 Å². The van der Waals surface area contributed by atoms with Crippen molar-refractivity contribution in [2.75, 3.05) is 0 Å². The van der Waals surface area contributed by atoms with Crippen molar-refractivity contribution >= 4 is 40.0 Å². The highest BCUT2D eigenvalue weighted by molar-refractivity contribution is 14.1. The van der Waals surface area contributed by atoms with Crippen LogP contribution in [0.5, 0.6) is 0 Å². The summed E-state index contributed by atoms with van der Waals surface area (Å²) in [5.74, 6) is 0.746. The molecule has 1 rings (SSSR count). The number of halogens is 2. The molecule has 1 aromatic carbocycles. The smallest absolute Gasteiger partial charge is 0.162 e. The van der Waals surface area contributed by atoms with Crippen LogP contribution in [0.4, 0.5) is 0 Å². The highest BCUT2D eigenvalue weighted by Gasteiger charge is 2.08. The number of carbonyl (C=O) groups excluding carboxylic acids is 1. The van der Waals surface area contributed by atoms with Crippen molar-refractivity contribution in [2.45, 2.75) is 26.7 Å². The van der Waals surface area contributed by atoms with Crippen LogP contribution in [0, 0.1) is 9.49 Å². The van der Waals surface area contributed by atoms with E-state index in [-0.39, 0.29) is 5.78 Å². The van der Waals surface area contributed by atoms with Crippen molar-refractivity contribution in [3.8, 4) is 0 Å². The molecule has 0 aromatic heterocycles. The van der Waals surface area contributed by atoms with E-state index in [1.807, 2.05) is 12.1 Å². The first-order valence-electron chi connectivity index (χ1n) is 4.99. The molecule has 0 fully saturated rings. The third kappa shape index (κ3) is 4.11. The summed E-state index contributed by atoms with van der Waals surface area (Å²) in [5.41, 5.74) is 0.723. The zero-order valence-corrected chi connectivity index (χ0v) is 11.8. The first kappa shape index (κ1) is 13.0. The molecular weight excluding hydrogens is 322 g/mol. The van der Waals surface area contributed by atoms with Crippen LogP contribution in [0.1, 0.15) is 37.0 Å². The van der Waals surface area contributed by atoms with Gasteiger partial charge in [-0.2, -0.15) is 0 Å². The molecule has 0 atom stereocenters. The van der Waals surface area contributed by atoms with Crippen molar-refractivity contribution in [3.05, 3.63) is 32.4 Å². The van der Waals surface area contributed by atoms with E-state index in [0.29, 0.717) is 17.4 Å². The van der Waals surface area contributed by atoms with E-state index in [4.69, 9.17) is 11.6 Å². The van der Waals surface area contributed by atoms with E-state index in [1.54, 1.807) is 6.07 Å². The van der Waals surface area contributed by atoms with Crippen LogP contribution in [-0.2, 0) is 0 Å². The summed E-state index contributed by atoms with van der Waals surface area (Å²) in [6, 6.07) is 5.48. The van der Waals surface area contributed by atoms with Gasteiger partial charge in [0.1, 0.15) is 0 Å². The van der Waals surface area contributed by atoms with Crippen molar-refractivity contribution in [1.82, 2.24) is 0 Å². The van der Waals surface area contributed by atoms with Gasteiger partial charge in [0.2, 0.25) is 0 Å². The normalized spacial score (nSPS) is 10.7. The molecule has 0 amide bonds. The lowest BCUT2D eigenvalue weighted by atomic mass is 10.0. The van der Waals surface area contributed by atoms with Gasteiger partial charge < -0.3 is 0 Å². The Morgan fingerprint density at radius 1 is 1.47 bits per heavy atom. The molecule has 15 heavy (non-hydrogen) atoms. The Labute approximate surface area is 109 Å². The minimum atomic E-state index is 0.182. The second-order valence-electron chi connectivity index (χ2n) is 3.98. The van der Waals surface area contributed by atoms with Gasteiger partial charge in [0.05, 0.1) is 5.02 Å². The minimum absolute atomic E-state index is 0.182. The SMILES string of the molecule is CC(C)CCC(=O)c1ccc(I)c(Cl)c1. The first-order chi connectivity index (χ1) is 7.00. The summed E-state index contributed by atoms with van der Waals surface area (Å²) in [4.78, 5) is 11.8. The van der Waals surface area contributed by atoms with Crippen molar-refractivity contribution in [1.29, 1.82) is 0 Å². The van der Waals surface area contributed by atoms with Gasteiger partial charge >= 0.3 is 0 Å². The van der Waals surface area contributed by atoms with Gasteiger partial charge in [0.25, 0.3) is 0 Å². The molecule has 1 aromatic rings. The largest absolute Gasteiger partial charge is 0.294 e. The molecular formula is C12H14ClIO. The summed E-state index contributed by atoms with van der Waals surface area (Å²) >= 11 is 8.11. The fourth-order valence-corrected chi connectivity index (χ4v) is 1.75. The fraction of sp³-hybridized carbons (Fsp3) is 0.417. The molecule has 0 spiro atoms. The Morgan fingerprint density at radius 3 is 2.67 bits per heavy atom. The second-order valence-corrected chi connectivity index (χ2v) is 5.55. The van der Waals surface area contributed by atoms with E-state index >= 15 is 0 Å². The third-order valence-corrected chi connectivity index (χ3v) is 3.76. The number of hydrogen-bond donors (Lipinski definition) is 0. The van der Waals surface area contributed by atoms with Crippen LogP contribution in [-0.4, -0.2) is 5.78 Å². The molecule has 0 saturated carbocycles. The van der Waals surface area contributed by atoms with E-state index in [9.17, 15) is 4.79 Å². The average Bonchev–Trinajstić information content (AvgIpc) is 2.18. The van der Waals surface area contributed by atoms with E-state index in [2.05, 4.69) is 36.4 Å². The van der Waals surface area contributed by atoms with Gasteiger partial charge in [-0.05, 0) is 47.1 Å². The predicted octanol–water partition coefficient (Wildman–Crippen LogP) is 4.56. The lowest BCUT2D eigenvalue weighted by Crippen LogP contribution is -2.01. The van der Waals surface area contributed by atoms with E-state index in [1.165, 1.54) is 0 Å². The zero-order valence-electron chi connectivity index (χ0n) is 8.89. The first-order valence-corrected chi connectivity index (χ1v) is 6.44. The lowest BCUT2D eigenvalue weighted by molar-refractivity contribution is 0.0975. The Balaban J connectivity index is 2.70. The van der Waals surface area contributed by atoms with Gasteiger partial charge in [-0.15, -0.1) is 0 Å². The number of ketones is 1. The molecule has 0 aliphatic carbocycles. The van der Waals surface area contributed by atoms with Crippen molar-refractivity contribution in [2.24, 2.45) is 5.92 Å². The van der Waals surface area contributed by atoms with Crippen molar-refractivity contribution in [3.63, 3.8) is 0 Å². The number of Topliss-reactive ketones (excluding diaryl/α,β-unsaturated/α-hetero) is 1. The predicted molar refractivity (Wildman–Crippen MR) is 72.6 cm³/mol. The van der Waals surface area contributed by atoms with Gasteiger partial charge in [-0.3, -0.25) is 4.79 Å². The number of hydrogen-bond acceptors (Lipinski definition) is 1. The van der Waals surface area contributed by atoms with E-state index < -0.39 is 0 Å². The molecule has 0 N–H and O–H groups in total. The Morgan fingerprint density at radius 2 is 2.13 bits per heavy atom. The summed E-state index contributed by atoms with van der Waals surface area (Å²) in [7, 11) is 0. The molecule has 82 valence electrons. The van der Waals surface area contributed by atoms with Crippen LogP contribution in [0.15, 0.2) is 18.2 Å². The third-order valence-electron chi connectivity index (χ3n) is 2.19.